The fourth-order valence-corrected chi connectivity index (χ4v) is 5.32. The molecular weight excluding hydrogens is 474 g/mol. The SMILES string of the molecule is CCOC(=O)C1CCN(Cc2ccc(-c3nc4c(cnc5cc(C)nn54)cc3-c3ccccc3)cc2)CC1. The van der Waals surface area contributed by atoms with Crippen molar-refractivity contribution in [1.82, 2.24) is 24.5 Å². The summed E-state index contributed by atoms with van der Waals surface area (Å²) in [6, 6.07) is 23.2. The Bertz CT molecular complexity index is 1590. The van der Waals surface area contributed by atoms with E-state index in [0.717, 1.165) is 77.2 Å². The molecule has 0 unspecified atom stereocenters. The van der Waals surface area contributed by atoms with Crippen molar-refractivity contribution in [3.63, 3.8) is 0 Å². The Kier molecular flexibility index (Phi) is 6.60. The number of hydrogen-bond donors (Lipinski definition) is 0. The quantitative estimate of drug-likeness (QED) is 0.276. The highest BCUT2D eigenvalue weighted by Gasteiger charge is 2.26. The van der Waals surface area contributed by atoms with Gasteiger partial charge >= 0.3 is 5.97 Å². The molecule has 1 aliphatic heterocycles. The van der Waals surface area contributed by atoms with Crippen LogP contribution in [0.2, 0.25) is 0 Å². The van der Waals surface area contributed by atoms with Crippen LogP contribution in [0, 0.1) is 12.8 Å². The summed E-state index contributed by atoms with van der Waals surface area (Å²) in [4.78, 5) is 24.2. The van der Waals surface area contributed by atoms with Gasteiger partial charge in [0.2, 0.25) is 0 Å². The van der Waals surface area contributed by atoms with Gasteiger partial charge in [0.25, 0.3) is 0 Å². The minimum absolute atomic E-state index is 0.0317. The Morgan fingerprint density at radius 3 is 2.50 bits per heavy atom. The lowest BCUT2D eigenvalue weighted by molar-refractivity contribution is -0.149. The standard InChI is InChI=1S/C31H31N5O2/c1-3-38-31(37)25-13-15-35(16-14-25)20-22-9-11-24(12-10-22)29-27(23-7-5-4-6-8-23)18-26-19-32-28-17-21(2)34-36(28)30(26)33-29/h4-12,17-19,25H,3,13-16,20H2,1-2H3. The van der Waals surface area contributed by atoms with Gasteiger partial charge in [0.1, 0.15) is 0 Å². The van der Waals surface area contributed by atoms with Crippen molar-refractivity contribution in [3.05, 3.63) is 84.2 Å². The number of aryl methyl sites for hydroxylation is 1. The highest BCUT2D eigenvalue weighted by atomic mass is 16.5. The van der Waals surface area contributed by atoms with Gasteiger partial charge in [0.05, 0.1) is 23.9 Å². The molecule has 7 heteroatoms. The van der Waals surface area contributed by atoms with E-state index in [4.69, 9.17) is 9.72 Å². The van der Waals surface area contributed by atoms with E-state index >= 15 is 0 Å². The van der Waals surface area contributed by atoms with Gasteiger partial charge in [-0.1, -0.05) is 54.6 Å². The van der Waals surface area contributed by atoms with Gasteiger partial charge in [-0.05, 0) is 57.0 Å². The molecule has 0 atom stereocenters. The first-order valence-electron chi connectivity index (χ1n) is 13.3. The molecule has 0 spiro atoms. The Labute approximate surface area is 222 Å². The number of esters is 1. The lowest BCUT2D eigenvalue weighted by Gasteiger charge is -2.30. The van der Waals surface area contributed by atoms with E-state index in [9.17, 15) is 4.79 Å². The number of rotatable bonds is 6. The van der Waals surface area contributed by atoms with Crippen LogP contribution in [0.25, 0.3) is 39.1 Å². The molecule has 7 nitrogen and oxygen atoms in total. The van der Waals surface area contributed by atoms with Crippen LogP contribution < -0.4 is 0 Å². The molecule has 0 aliphatic carbocycles. The van der Waals surface area contributed by atoms with Crippen LogP contribution in [-0.2, 0) is 16.1 Å². The summed E-state index contributed by atoms with van der Waals surface area (Å²) in [5.41, 5.74) is 7.92. The van der Waals surface area contributed by atoms with Crippen LogP contribution in [-0.4, -0.2) is 50.1 Å². The Balaban J connectivity index is 1.30. The fraction of sp³-hybridized carbons (Fsp3) is 0.290. The topological polar surface area (TPSA) is 72.6 Å². The Hall–Kier alpha value is -4.10. The van der Waals surface area contributed by atoms with Gasteiger partial charge in [0.15, 0.2) is 11.3 Å². The van der Waals surface area contributed by atoms with Crippen LogP contribution in [0.1, 0.15) is 31.0 Å². The first-order chi connectivity index (χ1) is 18.6. The average Bonchev–Trinajstić information content (AvgIpc) is 3.34. The molecular formula is C31H31N5O2. The number of fused-ring (bicyclic) bond motifs is 3. The first kappa shape index (κ1) is 24.2. The number of aromatic nitrogens is 4. The zero-order valence-electron chi connectivity index (χ0n) is 21.8. The van der Waals surface area contributed by atoms with Crippen LogP contribution >= 0.6 is 0 Å². The number of likely N-dealkylation sites (tertiary alicyclic amines) is 1. The second-order valence-corrected chi connectivity index (χ2v) is 9.98. The van der Waals surface area contributed by atoms with Crippen LogP contribution in [0.4, 0.5) is 0 Å². The first-order valence-corrected chi connectivity index (χ1v) is 13.3. The summed E-state index contributed by atoms with van der Waals surface area (Å²) in [6.07, 6.45) is 3.59. The highest BCUT2D eigenvalue weighted by molar-refractivity contribution is 5.90. The van der Waals surface area contributed by atoms with E-state index in [1.54, 1.807) is 0 Å². The average molecular weight is 506 g/mol. The van der Waals surface area contributed by atoms with Gasteiger partial charge in [0, 0.05) is 35.3 Å². The van der Waals surface area contributed by atoms with E-state index in [-0.39, 0.29) is 11.9 Å². The lowest BCUT2D eigenvalue weighted by atomic mass is 9.96. The van der Waals surface area contributed by atoms with Crippen molar-refractivity contribution in [2.45, 2.75) is 33.2 Å². The molecule has 3 aromatic heterocycles. The number of piperidine rings is 1. The molecule has 38 heavy (non-hydrogen) atoms. The summed E-state index contributed by atoms with van der Waals surface area (Å²) in [5, 5.41) is 5.59. The van der Waals surface area contributed by atoms with Gasteiger partial charge in [-0.2, -0.15) is 9.61 Å². The van der Waals surface area contributed by atoms with E-state index < -0.39 is 0 Å². The Morgan fingerprint density at radius 2 is 1.76 bits per heavy atom. The van der Waals surface area contributed by atoms with Crippen LogP contribution in [0.15, 0.2) is 72.9 Å². The maximum atomic E-state index is 12.1. The summed E-state index contributed by atoms with van der Waals surface area (Å²) >= 11 is 0. The van der Waals surface area contributed by atoms with E-state index in [2.05, 4.69) is 69.6 Å². The van der Waals surface area contributed by atoms with Crippen LogP contribution in [0.3, 0.4) is 0 Å². The molecule has 1 saturated heterocycles. The minimum atomic E-state index is -0.0491. The fourth-order valence-electron chi connectivity index (χ4n) is 5.32. The third-order valence-corrected chi connectivity index (χ3v) is 7.31. The van der Waals surface area contributed by atoms with Gasteiger partial charge in [-0.3, -0.25) is 9.69 Å². The molecule has 0 radical (unpaired) electrons. The lowest BCUT2D eigenvalue weighted by Crippen LogP contribution is -2.36. The number of hydrogen-bond acceptors (Lipinski definition) is 6. The smallest absolute Gasteiger partial charge is 0.309 e. The number of carbonyl (C=O) groups is 1. The third-order valence-electron chi connectivity index (χ3n) is 7.31. The maximum Gasteiger partial charge on any atom is 0.309 e. The van der Waals surface area contributed by atoms with E-state index in [1.165, 1.54) is 5.56 Å². The van der Waals surface area contributed by atoms with Crippen molar-refractivity contribution in [1.29, 1.82) is 0 Å². The number of pyridine rings is 1. The molecule has 4 heterocycles. The van der Waals surface area contributed by atoms with Gasteiger partial charge < -0.3 is 4.74 Å². The molecule has 192 valence electrons. The second-order valence-electron chi connectivity index (χ2n) is 9.98. The highest BCUT2D eigenvalue weighted by Crippen LogP contribution is 2.34. The molecule has 2 aromatic carbocycles. The molecule has 6 rings (SSSR count). The minimum Gasteiger partial charge on any atom is -0.466 e. The van der Waals surface area contributed by atoms with E-state index in [0.29, 0.717) is 6.61 Å². The molecule has 1 aliphatic rings. The largest absolute Gasteiger partial charge is 0.466 e. The Morgan fingerprint density at radius 1 is 1.00 bits per heavy atom. The molecule has 5 aromatic rings. The summed E-state index contributed by atoms with van der Waals surface area (Å²) in [6.45, 7) is 6.96. The molecule has 0 bridgehead atoms. The molecule has 0 amide bonds. The number of carbonyl (C=O) groups excluding carboxylic acids is 1. The predicted octanol–water partition coefficient (Wildman–Crippen LogP) is 5.70. The monoisotopic (exact) mass is 505 g/mol. The third kappa shape index (κ3) is 4.77. The van der Waals surface area contributed by atoms with E-state index in [1.807, 2.05) is 36.7 Å². The van der Waals surface area contributed by atoms with Crippen molar-refractivity contribution < 1.29 is 9.53 Å². The number of nitrogens with zero attached hydrogens (tertiary/aromatic N) is 5. The number of benzene rings is 2. The summed E-state index contributed by atoms with van der Waals surface area (Å²) in [5.74, 6) is -0.0175. The maximum absolute atomic E-state index is 12.1. The normalized spacial score (nSPS) is 14.8. The van der Waals surface area contributed by atoms with Gasteiger partial charge in [-0.25, -0.2) is 9.97 Å². The van der Waals surface area contributed by atoms with Crippen LogP contribution in [0.5, 0.6) is 0 Å². The molecule has 0 N–H and O–H groups in total. The molecule has 0 saturated carbocycles. The van der Waals surface area contributed by atoms with Crippen molar-refractivity contribution in [3.8, 4) is 22.4 Å². The van der Waals surface area contributed by atoms with Gasteiger partial charge in [-0.15, -0.1) is 0 Å². The van der Waals surface area contributed by atoms with Crippen molar-refractivity contribution in [2.75, 3.05) is 19.7 Å². The second kappa shape index (κ2) is 10.3. The van der Waals surface area contributed by atoms with Crippen molar-refractivity contribution in [2.24, 2.45) is 5.92 Å². The van der Waals surface area contributed by atoms with Crippen molar-refractivity contribution >= 4 is 22.6 Å². The summed E-state index contributed by atoms with van der Waals surface area (Å²) < 4.78 is 7.04. The predicted molar refractivity (Wildman–Crippen MR) is 149 cm³/mol. The number of ether oxygens (including phenoxy) is 1. The zero-order chi connectivity index (χ0) is 26.1. The zero-order valence-corrected chi connectivity index (χ0v) is 21.8. The summed E-state index contributed by atoms with van der Waals surface area (Å²) in [7, 11) is 0. The molecule has 1 fully saturated rings.